The van der Waals surface area contributed by atoms with Crippen LogP contribution in [-0.4, -0.2) is 16.7 Å². The van der Waals surface area contributed by atoms with Crippen molar-refractivity contribution in [3.63, 3.8) is 0 Å². The molecule has 0 aliphatic heterocycles. The summed E-state index contributed by atoms with van der Waals surface area (Å²) in [5.74, 6) is 0. The Bertz CT molecular complexity index is 539. The zero-order valence-electron chi connectivity index (χ0n) is 10.8. The molecular formula is C14H17BrClN3. The maximum absolute atomic E-state index is 6.05. The smallest absolute Gasteiger partial charge is 0.0551 e. The molecule has 0 saturated carbocycles. The summed E-state index contributed by atoms with van der Waals surface area (Å²) in [6.07, 6.45) is 4.06. The number of aromatic nitrogens is 2. The molecule has 0 aliphatic rings. The van der Waals surface area contributed by atoms with Crippen LogP contribution in [0.1, 0.15) is 23.2 Å². The molecule has 0 aliphatic carbocycles. The Morgan fingerprint density at radius 1 is 1.42 bits per heavy atom. The molecule has 3 nitrogen and oxygen atoms in total. The Labute approximate surface area is 126 Å². The topological polar surface area (TPSA) is 40.7 Å². The highest BCUT2D eigenvalue weighted by Gasteiger charge is 2.01. The zero-order valence-corrected chi connectivity index (χ0v) is 13.2. The molecule has 102 valence electrons. The molecule has 19 heavy (non-hydrogen) atoms. The average molecular weight is 343 g/mol. The summed E-state index contributed by atoms with van der Waals surface area (Å²) < 4.78 is 0.938. The fourth-order valence-corrected chi connectivity index (χ4v) is 2.36. The molecule has 0 fully saturated rings. The number of hydrogen-bond acceptors (Lipinski definition) is 2. The van der Waals surface area contributed by atoms with Crippen LogP contribution in [-0.2, 0) is 13.0 Å². The van der Waals surface area contributed by atoms with Gasteiger partial charge < -0.3 is 5.32 Å². The van der Waals surface area contributed by atoms with E-state index in [0.29, 0.717) is 0 Å². The van der Waals surface area contributed by atoms with Crippen molar-refractivity contribution in [1.82, 2.24) is 15.5 Å². The summed E-state index contributed by atoms with van der Waals surface area (Å²) in [5.41, 5.74) is 3.67. The summed E-state index contributed by atoms with van der Waals surface area (Å²) in [7, 11) is 0. The van der Waals surface area contributed by atoms with Gasteiger partial charge in [-0.25, -0.2) is 0 Å². The van der Waals surface area contributed by atoms with E-state index in [1.165, 1.54) is 16.8 Å². The minimum atomic E-state index is 0.758. The van der Waals surface area contributed by atoms with E-state index in [1.54, 1.807) is 0 Å². The number of aryl methyl sites for hydroxylation is 2. The van der Waals surface area contributed by atoms with Crippen LogP contribution in [0.3, 0.4) is 0 Å². The summed E-state index contributed by atoms with van der Waals surface area (Å²) >= 11 is 9.44. The van der Waals surface area contributed by atoms with Crippen LogP contribution < -0.4 is 5.32 Å². The first-order chi connectivity index (χ1) is 9.16. The number of nitrogens with zero attached hydrogens (tertiary/aromatic N) is 1. The SMILES string of the molecule is Cc1[nH]ncc1CCCNCc1ccc(Br)c(Cl)c1. The van der Waals surface area contributed by atoms with Gasteiger partial charge in [0.2, 0.25) is 0 Å². The van der Waals surface area contributed by atoms with Gasteiger partial charge in [-0.3, -0.25) is 5.10 Å². The highest BCUT2D eigenvalue weighted by Crippen LogP contribution is 2.23. The van der Waals surface area contributed by atoms with Gasteiger partial charge in [0.1, 0.15) is 0 Å². The molecule has 0 spiro atoms. The molecule has 2 rings (SSSR count). The molecule has 0 bridgehead atoms. The minimum absolute atomic E-state index is 0.758. The lowest BCUT2D eigenvalue weighted by atomic mass is 10.1. The summed E-state index contributed by atoms with van der Waals surface area (Å²) in [6, 6.07) is 6.04. The molecule has 0 atom stereocenters. The first-order valence-corrected chi connectivity index (χ1v) is 7.47. The molecule has 0 amide bonds. The lowest BCUT2D eigenvalue weighted by Crippen LogP contribution is -2.15. The molecule has 1 aromatic heterocycles. The van der Waals surface area contributed by atoms with E-state index in [1.807, 2.05) is 18.3 Å². The third kappa shape index (κ3) is 4.34. The normalized spacial score (nSPS) is 10.9. The van der Waals surface area contributed by atoms with Crippen molar-refractivity contribution in [2.75, 3.05) is 6.54 Å². The standard InChI is InChI=1S/C14H17BrClN3/c1-10-12(9-18-19-10)3-2-6-17-8-11-4-5-13(15)14(16)7-11/h4-5,7,9,17H,2-3,6,8H2,1H3,(H,18,19). The molecule has 1 heterocycles. The van der Waals surface area contributed by atoms with E-state index in [9.17, 15) is 0 Å². The molecule has 5 heteroatoms. The highest BCUT2D eigenvalue weighted by molar-refractivity contribution is 9.10. The van der Waals surface area contributed by atoms with Crippen molar-refractivity contribution < 1.29 is 0 Å². The predicted octanol–water partition coefficient (Wildman–Crippen LogP) is 3.86. The number of nitrogens with one attached hydrogen (secondary N) is 2. The van der Waals surface area contributed by atoms with Gasteiger partial charge in [0.15, 0.2) is 0 Å². The molecule has 2 N–H and O–H groups in total. The van der Waals surface area contributed by atoms with E-state index < -0.39 is 0 Å². The molecule has 1 aromatic carbocycles. The fraction of sp³-hybridized carbons (Fsp3) is 0.357. The number of H-pyrrole nitrogens is 1. The lowest BCUT2D eigenvalue weighted by molar-refractivity contribution is 0.648. The Morgan fingerprint density at radius 2 is 2.26 bits per heavy atom. The Morgan fingerprint density at radius 3 is 2.95 bits per heavy atom. The largest absolute Gasteiger partial charge is 0.313 e. The van der Waals surface area contributed by atoms with Gasteiger partial charge in [0.05, 0.1) is 11.2 Å². The van der Waals surface area contributed by atoms with E-state index >= 15 is 0 Å². The second kappa shape index (κ2) is 7.08. The van der Waals surface area contributed by atoms with Crippen molar-refractivity contribution in [2.24, 2.45) is 0 Å². The van der Waals surface area contributed by atoms with Gasteiger partial charge in [0, 0.05) is 16.7 Å². The van der Waals surface area contributed by atoms with E-state index in [2.05, 4.69) is 44.4 Å². The van der Waals surface area contributed by atoms with Crippen molar-refractivity contribution in [1.29, 1.82) is 0 Å². The molecule has 0 saturated heterocycles. The zero-order chi connectivity index (χ0) is 13.7. The molecule has 2 aromatic rings. The van der Waals surface area contributed by atoms with Gasteiger partial charge >= 0.3 is 0 Å². The van der Waals surface area contributed by atoms with Gasteiger partial charge in [0.25, 0.3) is 0 Å². The minimum Gasteiger partial charge on any atom is -0.313 e. The van der Waals surface area contributed by atoms with Crippen LogP contribution in [0.5, 0.6) is 0 Å². The third-order valence-corrected chi connectivity index (χ3v) is 4.28. The second-order valence-electron chi connectivity index (χ2n) is 4.55. The Kier molecular flexibility index (Phi) is 5.43. The summed E-state index contributed by atoms with van der Waals surface area (Å²) in [5, 5.41) is 11.2. The van der Waals surface area contributed by atoms with Crippen molar-refractivity contribution in [2.45, 2.75) is 26.3 Å². The number of halogens is 2. The average Bonchev–Trinajstić information content (AvgIpc) is 2.79. The first-order valence-electron chi connectivity index (χ1n) is 6.30. The molecule has 0 unspecified atom stereocenters. The lowest BCUT2D eigenvalue weighted by Gasteiger charge is -2.06. The van der Waals surface area contributed by atoms with Gasteiger partial charge in [-0.1, -0.05) is 17.7 Å². The van der Waals surface area contributed by atoms with Crippen LogP contribution in [0.4, 0.5) is 0 Å². The van der Waals surface area contributed by atoms with Gasteiger partial charge in [-0.05, 0) is 65.5 Å². The predicted molar refractivity (Wildman–Crippen MR) is 82.5 cm³/mol. The van der Waals surface area contributed by atoms with E-state index in [0.717, 1.165) is 35.4 Å². The Balaban J connectivity index is 1.69. The number of benzene rings is 1. The number of hydrogen-bond donors (Lipinski definition) is 2. The van der Waals surface area contributed by atoms with Crippen LogP contribution in [0.2, 0.25) is 5.02 Å². The van der Waals surface area contributed by atoms with Crippen molar-refractivity contribution >= 4 is 27.5 Å². The molecular weight excluding hydrogens is 326 g/mol. The summed E-state index contributed by atoms with van der Waals surface area (Å²) in [4.78, 5) is 0. The third-order valence-electron chi connectivity index (χ3n) is 3.05. The molecule has 0 radical (unpaired) electrons. The van der Waals surface area contributed by atoms with Crippen LogP contribution in [0.25, 0.3) is 0 Å². The number of rotatable bonds is 6. The maximum atomic E-state index is 6.05. The van der Waals surface area contributed by atoms with Crippen LogP contribution in [0.15, 0.2) is 28.9 Å². The second-order valence-corrected chi connectivity index (χ2v) is 5.81. The van der Waals surface area contributed by atoms with Gasteiger partial charge in [-0.2, -0.15) is 5.10 Å². The van der Waals surface area contributed by atoms with E-state index in [-0.39, 0.29) is 0 Å². The van der Waals surface area contributed by atoms with Crippen LogP contribution >= 0.6 is 27.5 Å². The quantitative estimate of drug-likeness (QED) is 0.783. The van der Waals surface area contributed by atoms with Crippen LogP contribution in [0, 0.1) is 6.92 Å². The highest BCUT2D eigenvalue weighted by atomic mass is 79.9. The number of aromatic amines is 1. The van der Waals surface area contributed by atoms with Crippen molar-refractivity contribution in [3.8, 4) is 0 Å². The first kappa shape index (κ1) is 14.6. The Hall–Kier alpha value is -0.840. The fourth-order valence-electron chi connectivity index (χ4n) is 1.91. The van der Waals surface area contributed by atoms with E-state index in [4.69, 9.17) is 11.6 Å². The van der Waals surface area contributed by atoms with Crippen molar-refractivity contribution in [3.05, 3.63) is 50.7 Å². The monoisotopic (exact) mass is 341 g/mol. The van der Waals surface area contributed by atoms with Gasteiger partial charge in [-0.15, -0.1) is 0 Å². The maximum Gasteiger partial charge on any atom is 0.0551 e. The summed E-state index contributed by atoms with van der Waals surface area (Å²) in [6.45, 7) is 3.88.